The monoisotopic (exact) mass is 259 g/mol. The molecule has 19 heavy (non-hydrogen) atoms. The predicted octanol–water partition coefficient (Wildman–Crippen LogP) is 1.21. The van der Waals surface area contributed by atoms with Gasteiger partial charge in [-0.25, -0.2) is 0 Å². The number of nitrogens with one attached hydrogen (secondary N) is 1. The van der Waals surface area contributed by atoms with E-state index < -0.39 is 0 Å². The van der Waals surface area contributed by atoms with Gasteiger partial charge < -0.3 is 15.6 Å². The van der Waals surface area contributed by atoms with Gasteiger partial charge in [-0.05, 0) is 13.0 Å². The standard InChI is InChI=1S/C14H17N3O2/c1-9(7-13(15)18)16-11-8-14(19)17(2)12-6-4-3-5-10(11)12/h3-6,8-9,16H,7H2,1-2H3,(H2,15,18). The Morgan fingerprint density at radius 1 is 1.42 bits per heavy atom. The highest BCUT2D eigenvalue weighted by Gasteiger charge is 2.10. The molecule has 2 rings (SSSR count). The lowest BCUT2D eigenvalue weighted by atomic mass is 10.1. The molecule has 5 nitrogen and oxygen atoms in total. The molecule has 1 atom stereocenters. The van der Waals surface area contributed by atoms with Gasteiger partial charge in [0.05, 0.1) is 5.52 Å². The van der Waals surface area contributed by atoms with E-state index in [-0.39, 0.29) is 23.9 Å². The van der Waals surface area contributed by atoms with Crippen LogP contribution in [0.3, 0.4) is 0 Å². The second-order valence-corrected chi connectivity index (χ2v) is 4.69. The van der Waals surface area contributed by atoms with E-state index in [1.807, 2.05) is 31.2 Å². The zero-order valence-electron chi connectivity index (χ0n) is 11.0. The molecule has 1 aromatic carbocycles. The molecule has 0 saturated carbocycles. The molecule has 1 unspecified atom stereocenters. The molecule has 0 fully saturated rings. The molecule has 0 spiro atoms. The topological polar surface area (TPSA) is 77.1 Å². The van der Waals surface area contributed by atoms with E-state index in [9.17, 15) is 9.59 Å². The Labute approximate surface area is 111 Å². The third kappa shape index (κ3) is 2.76. The molecule has 1 amide bonds. The Kier molecular flexibility index (Phi) is 3.55. The fourth-order valence-electron chi connectivity index (χ4n) is 2.15. The van der Waals surface area contributed by atoms with Crippen LogP contribution in [0.2, 0.25) is 0 Å². The molecule has 100 valence electrons. The number of hydrogen-bond acceptors (Lipinski definition) is 3. The van der Waals surface area contributed by atoms with Gasteiger partial charge in [-0.15, -0.1) is 0 Å². The van der Waals surface area contributed by atoms with Crippen LogP contribution in [0.15, 0.2) is 35.1 Å². The first kappa shape index (κ1) is 13.1. The van der Waals surface area contributed by atoms with Crippen LogP contribution in [0.1, 0.15) is 13.3 Å². The van der Waals surface area contributed by atoms with E-state index in [4.69, 9.17) is 5.73 Å². The summed E-state index contributed by atoms with van der Waals surface area (Å²) in [7, 11) is 1.74. The number of nitrogens with two attached hydrogens (primary N) is 1. The average Bonchev–Trinajstić information content (AvgIpc) is 2.34. The van der Waals surface area contributed by atoms with Crippen LogP contribution in [0, 0.1) is 0 Å². The van der Waals surface area contributed by atoms with Gasteiger partial charge >= 0.3 is 0 Å². The van der Waals surface area contributed by atoms with Gasteiger partial charge in [0.25, 0.3) is 5.56 Å². The molecule has 0 saturated heterocycles. The first-order chi connectivity index (χ1) is 8.99. The second-order valence-electron chi connectivity index (χ2n) is 4.69. The lowest BCUT2D eigenvalue weighted by molar-refractivity contribution is -0.118. The molecule has 3 N–H and O–H groups in total. The Hall–Kier alpha value is -2.30. The number of nitrogens with zero attached hydrogens (tertiary/aromatic N) is 1. The number of aromatic nitrogens is 1. The Bertz CT molecular complexity index is 676. The van der Waals surface area contributed by atoms with Crippen molar-refractivity contribution < 1.29 is 4.79 Å². The van der Waals surface area contributed by atoms with Gasteiger partial charge in [0.2, 0.25) is 5.91 Å². The number of carbonyl (C=O) groups is 1. The van der Waals surface area contributed by atoms with Crippen LogP contribution in [0.25, 0.3) is 10.9 Å². The summed E-state index contributed by atoms with van der Waals surface area (Å²) in [4.78, 5) is 22.8. The summed E-state index contributed by atoms with van der Waals surface area (Å²) in [6.07, 6.45) is 0.226. The number of anilines is 1. The average molecular weight is 259 g/mol. The molecule has 2 aromatic rings. The SMILES string of the molecule is CC(CC(N)=O)Nc1cc(=O)n(C)c2ccccc12. The van der Waals surface area contributed by atoms with Crippen molar-refractivity contribution in [1.29, 1.82) is 0 Å². The molecule has 1 aromatic heterocycles. The van der Waals surface area contributed by atoms with E-state index in [1.165, 1.54) is 0 Å². The van der Waals surface area contributed by atoms with Gasteiger partial charge in [-0.3, -0.25) is 9.59 Å². The van der Waals surface area contributed by atoms with Crippen molar-refractivity contribution >= 4 is 22.5 Å². The summed E-state index contributed by atoms with van der Waals surface area (Å²) in [5, 5.41) is 4.12. The van der Waals surface area contributed by atoms with Gasteiger partial charge in [-0.2, -0.15) is 0 Å². The van der Waals surface area contributed by atoms with Crippen molar-refractivity contribution in [2.45, 2.75) is 19.4 Å². The number of aryl methyl sites for hydroxylation is 1. The van der Waals surface area contributed by atoms with Crippen molar-refractivity contribution in [1.82, 2.24) is 4.57 Å². The zero-order valence-corrected chi connectivity index (χ0v) is 11.0. The number of primary amides is 1. The van der Waals surface area contributed by atoms with Gasteiger partial charge in [0, 0.05) is 36.7 Å². The smallest absolute Gasteiger partial charge is 0.252 e. The summed E-state index contributed by atoms with van der Waals surface area (Å²) in [5.41, 5.74) is 6.66. The summed E-state index contributed by atoms with van der Waals surface area (Å²) in [6, 6.07) is 9.05. The molecular weight excluding hydrogens is 242 g/mol. The quantitative estimate of drug-likeness (QED) is 0.866. The Balaban J connectivity index is 2.46. The van der Waals surface area contributed by atoms with Gasteiger partial charge in [0.1, 0.15) is 0 Å². The van der Waals surface area contributed by atoms with E-state index in [0.29, 0.717) is 0 Å². The maximum Gasteiger partial charge on any atom is 0.252 e. The Morgan fingerprint density at radius 2 is 2.11 bits per heavy atom. The molecule has 0 bridgehead atoms. The highest BCUT2D eigenvalue weighted by molar-refractivity contribution is 5.91. The second kappa shape index (κ2) is 5.14. The molecule has 1 heterocycles. The Morgan fingerprint density at radius 3 is 2.79 bits per heavy atom. The zero-order chi connectivity index (χ0) is 14.0. The fraction of sp³-hybridized carbons (Fsp3) is 0.286. The summed E-state index contributed by atoms with van der Waals surface area (Å²) < 4.78 is 1.60. The molecule has 5 heteroatoms. The van der Waals surface area contributed by atoms with Crippen LogP contribution in [0.5, 0.6) is 0 Å². The molecule has 0 aliphatic rings. The third-order valence-corrected chi connectivity index (χ3v) is 3.06. The summed E-state index contributed by atoms with van der Waals surface area (Å²) in [5.74, 6) is -0.367. The normalized spacial score (nSPS) is 12.3. The highest BCUT2D eigenvalue weighted by atomic mass is 16.1. The molecule has 0 aliphatic heterocycles. The summed E-state index contributed by atoms with van der Waals surface area (Å²) >= 11 is 0. The first-order valence-corrected chi connectivity index (χ1v) is 6.12. The number of hydrogen-bond donors (Lipinski definition) is 2. The van der Waals surface area contributed by atoms with E-state index >= 15 is 0 Å². The van der Waals surface area contributed by atoms with E-state index in [0.717, 1.165) is 16.6 Å². The molecule has 0 radical (unpaired) electrons. The minimum Gasteiger partial charge on any atom is -0.381 e. The van der Waals surface area contributed by atoms with Crippen LogP contribution in [-0.4, -0.2) is 16.5 Å². The number of para-hydroxylation sites is 1. The van der Waals surface area contributed by atoms with Crippen LogP contribution in [0.4, 0.5) is 5.69 Å². The van der Waals surface area contributed by atoms with E-state index in [1.54, 1.807) is 17.7 Å². The van der Waals surface area contributed by atoms with Crippen molar-refractivity contribution in [2.75, 3.05) is 5.32 Å². The number of fused-ring (bicyclic) bond motifs is 1. The van der Waals surface area contributed by atoms with E-state index in [2.05, 4.69) is 5.32 Å². The predicted molar refractivity (Wildman–Crippen MR) is 76.1 cm³/mol. The van der Waals surface area contributed by atoms with Gasteiger partial charge in [-0.1, -0.05) is 18.2 Å². The molecule has 0 aliphatic carbocycles. The third-order valence-electron chi connectivity index (χ3n) is 3.06. The lowest BCUT2D eigenvalue weighted by Gasteiger charge is -2.16. The fourth-order valence-corrected chi connectivity index (χ4v) is 2.15. The van der Waals surface area contributed by atoms with Gasteiger partial charge in [0.15, 0.2) is 0 Å². The number of carbonyl (C=O) groups excluding carboxylic acids is 1. The van der Waals surface area contributed by atoms with Crippen LogP contribution < -0.4 is 16.6 Å². The number of benzene rings is 1. The number of pyridine rings is 1. The van der Waals surface area contributed by atoms with Crippen LogP contribution in [-0.2, 0) is 11.8 Å². The van der Waals surface area contributed by atoms with Crippen molar-refractivity contribution in [2.24, 2.45) is 12.8 Å². The van der Waals surface area contributed by atoms with Crippen molar-refractivity contribution in [3.8, 4) is 0 Å². The van der Waals surface area contributed by atoms with Crippen molar-refractivity contribution in [3.63, 3.8) is 0 Å². The maximum atomic E-state index is 11.9. The molecular formula is C14H17N3O2. The highest BCUT2D eigenvalue weighted by Crippen LogP contribution is 2.21. The summed E-state index contributed by atoms with van der Waals surface area (Å²) in [6.45, 7) is 1.86. The number of rotatable bonds is 4. The minimum atomic E-state index is -0.367. The minimum absolute atomic E-state index is 0.0903. The van der Waals surface area contributed by atoms with Crippen molar-refractivity contribution in [3.05, 3.63) is 40.7 Å². The maximum absolute atomic E-state index is 11.9. The number of amides is 1. The lowest BCUT2D eigenvalue weighted by Crippen LogP contribution is -2.25. The van der Waals surface area contributed by atoms with Crippen LogP contribution >= 0.6 is 0 Å². The first-order valence-electron chi connectivity index (χ1n) is 6.12. The largest absolute Gasteiger partial charge is 0.381 e.